The predicted molar refractivity (Wildman–Crippen MR) is 98.0 cm³/mol. The van der Waals surface area contributed by atoms with Crippen molar-refractivity contribution in [1.29, 1.82) is 0 Å². The Bertz CT molecular complexity index is 1130. The van der Waals surface area contributed by atoms with Crippen LogP contribution in [0, 0.1) is 5.82 Å². The molecule has 0 radical (unpaired) electrons. The molecule has 0 saturated carbocycles. The average molecular weight is 380 g/mol. The summed E-state index contributed by atoms with van der Waals surface area (Å²) in [5.41, 5.74) is 2.71. The van der Waals surface area contributed by atoms with Crippen LogP contribution in [0.4, 0.5) is 4.39 Å². The molecule has 6 nitrogen and oxygen atoms in total. The van der Waals surface area contributed by atoms with Crippen molar-refractivity contribution in [3.8, 4) is 11.6 Å². The number of carbonyl (C=O) groups is 1. The first kappa shape index (κ1) is 16.1. The molecule has 0 bridgehead atoms. The van der Waals surface area contributed by atoms with Crippen LogP contribution in [0.3, 0.4) is 0 Å². The molecule has 1 aliphatic heterocycles. The number of fused-ring (bicyclic) bond motifs is 1. The molecule has 2 aromatic heterocycles. The Morgan fingerprint density at radius 2 is 2.22 bits per heavy atom. The van der Waals surface area contributed by atoms with Crippen molar-refractivity contribution in [2.75, 3.05) is 0 Å². The summed E-state index contributed by atoms with van der Waals surface area (Å²) >= 11 is 1.50. The molecular weight excluding hydrogens is 367 g/mol. The van der Waals surface area contributed by atoms with Crippen molar-refractivity contribution in [2.24, 2.45) is 7.05 Å². The number of thioether (sulfide) groups is 1. The molecule has 5 rings (SSSR count). The number of halogens is 1. The highest BCUT2D eigenvalue weighted by Gasteiger charge is 2.52. The Balaban J connectivity index is 1.36. The smallest absolute Gasteiger partial charge is 0.259 e. The first-order valence-corrected chi connectivity index (χ1v) is 9.03. The first-order chi connectivity index (χ1) is 13.1. The molecule has 2 aliphatic rings. The fourth-order valence-electron chi connectivity index (χ4n) is 3.19. The summed E-state index contributed by atoms with van der Waals surface area (Å²) in [4.78, 5) is 16.5. The molecule has 27 heavy (non-hydrogen) atoms. The SMILES string of the molecule is Cn1nc(-c2ncco2)cc1C12C=C1C=C(NC(=O)c1ccccc1F)S2. The van der Waals surface area contributed by atoms with Gasteiger partial charge in [-0.3, -0.25) is 9.48 Å². The lowest BCUT2D eigenvalue weighted by Gasteiger charge is -2.15. The van der Waals surface area contributed by atoms with Gasteiger partial charge in [-0.1, -0.05) is 30.0 Å². The van der Waals surface area contributed by atoms with Gasteiger partial charge in [-0.2, -0.15) is 5.10 Å². The van der Waals surface area contributed by atoms with Crippen molar-refractivity contribution < 1.29 is 13.6 Å². The van der Waals surface area contributed by atoms with E-state index in [9.17, 15) is 9.18 Å². The molecule has 0 saturated heterocycles. The highest BCUT2D eigenvalue weighted by atomic mass is 32.2. The molecule has 1 aromatic carbocycles. The summed E-state index contributed by atoms with van der Waals surface area (Å²) in [6, 6.07) is 7.85. The second-order valence-corrected chi connectivity index (χ2v) is 7.54. The lowest BCUT2D eigenvalue weighted by atomic mass is 10.2. The number of nitrogens with zero attached hydrogens (tertiary/aromatic N) is 3. The largest absolute Gasteiger partial charge is 0.443 e. The van der Waals surface area contributed by atoms with E-state index in [1.54, 1.807) is 23.0 Å². The van der Waals surface area contributed by atoms with Gasteiger partial charge in [-0.25, -0.2) is 9.37 Å². The molecule has 1 aliphatic carbocycles. The Kier molecular flexibility index (Phi) is 3.38. The maximum Gasteiger partial charge on any atom is 0.259 e. The van der Waals surface area contributed by atoms with Crippen LogP contribution < -0.4 is 5.32 Å². The fraction of sp³-hybridized carbons (Fsp3) is 0.105. The number of hydrogen-bond acceptors (Lipinski definition) is 5. The molecule has 1 atom stereocenters. The second kappa shape index (κ2) is 5.68. The summed E-state index contributed by atoms with van der Waals surface area (Å²) in [5.74, 6) is -0.547. The molecule has 134 valence electrons. The maximum absolute atomic E-state index is 13.8. The molecule has 1 amide bonds. The normalized spacial score (nSPS) is 20.1. The van der Waals surface area contributed by atoms with Crippen molar-refractivity contribution >= 4 is 17.7 Å². The average Bonchev–Trinajstić information content (AvgIpc) is 3.09. The van der Waals surface area contributed by atoms with E-state index < -0.39 is 11.7 Å². The van der Waals surface area contributed by atoms with Gasteiger partial charge >= 0.3 is 0 Å². The lowest BCUT2D eigenvalue weighted by Crippen LogP contribution is -2.22. The fourth-order valence-corrected chi connectivity index (χ4v) is 4.53. The van der Waals surface area contributed by atoms with Crippen LogP contribution in [0.5, 0.6) is 0 Å². The van der Waals surface area contributed by atoms with Crippen LogP contribution in [0.2, 0.25) is 0 Å². The standard InChI is InChI=1S/C19H13FN4O2S/c1-24-15(9-14(23-24)18-21-6-7-26-18)19-10-11(19)8-16(27-19)22-17(25)12-4-2-3-5-13(12)20/h2-10H,1H3,(H,22,25). The van der Waals surface area contributed by atoms with Crippen LogP contribution in [0.1, 0.15) is 16.1 Å². The van der Waals surface area contributed by atoms with E-state index in [2.05, 4.69) is 21.5 Å². The Labute approximate surface area is 157 Å². The zero-order valence-corrected chi connectivity index (χ0v) is 15.0. The first-order valence-electron chi connectivity index (χ1n) is 8.21. The van der Waals surface area contributed by atoms with E-state index in [0.717, 1.165) is 11.3 Å². The summed E-state index contributed by atoms with van der Waals surface area (Å²) < 4.78 is 20.5. The van der Waals surface area contributed by atoms with Crippen molar-refractivity contribution in [3.63, 3.8) is 0 Å². The van der Waals surface area contributed by atoms with E-state index in [1.165, 1.54) is 30.2 Å². The summed E-state index contributed by atoms with van der Waals surface area (Å²) in [6.07, 6.45) is 7.09. The van der Waals surface area contributed by atoms with Gasteiger partial charge in [0.05, 0.1) is 22.5 Å². The number of aryl methyl sites for hydroxylation is 1. The number of benzene rings is 1. The van der Waals surface area contributed by atoms with Gasteiger partial charge in [0.2, 0.25) is 5.89 Å². The van der Waals surface area contributed by atoms with Gasteiger partial charge in [0.15, 0.2) is 0 Å². The zero-order valence-electron chi connectivity index (χ0n) is 14.1. The molecule has 0 spiro atoms. The van der Waals surface area contributed by atoms with Crippen LogP contribution in [0.15, 0.2) is 70.0 Å². The number of allylic oxidation sites excluding steroid dienone is 1. The minimum atomic E-state index is -0.542. The third-order valence-corrected chi connectivity index (χ3v) is 5.85. The van der Waals surface area contributed by atoms with Crippen LogP contribution >= 0.6 is 11.8 Å². The number of hydrogen-bond donors (Lipinski definition) is 1. The molecular formula is C19H13FN4O2S. The van der Waals surface area contributed by atoms with Gasteiger partial charge in [0, 0.05) is 7.05 Å². The van der Waals surface area contributed by atoms with Crippen molar-refractivity contribution in [3.05, 3.63) is 82.6 Å². The number of carbonyl (C=O) groups excluding carboxylic acids is 1. The van der Waals surface area contributed by atoms with E-state index in [0.29, 0.717) is 16.6 Å². The van der Waals surface area contributed by atoms with E-state index in [4.69, 9.17) is 4.42 Å². The highest BCUT2D eigenvalue weighted by Crippen LogP contribution is 2.63. The summed E-state index contributed by atoms with van der Waals surface area (Å²) in [6.45, 7) is 0. The predicted octanol–water partition coefficient (Wildman–Crippen LogP) is 3.37. The summed E-state index contributed by atoms with van der Waals surface area (Å²) in [7, 11) is 1.86. The third-order valence-electron chi connectivity index (χ3n) is 4.53. The molecule has 8 heteroatoms. The van der Waals surface area contributed by atoms with Crippen LogP contribution in [-0.2, 0) is 11.8 Å². The minimum absolute atomic E-state index is 0.0225. The number of oxazole rings is 1. The Morgan fingerprint density at radius 1 is 1.37 bits per heavy atom. The van der Waals surface area contributed by atoms with E-state index in [1.807, 2.05) is 19.2 Å². The molecule has 3 aromatic rings. The van der Waals surface area contributed by atoms with Gasteiger partial charge in [-0.15, -0.1) is 0 Å². The van der Waals surface area contributed by atoms with Crippen LogP contribution in [-0.4, -0.2) is 20.7 Å². The quantitative estimate of drug-likeness (QED) is 0.751. The zero-order chi connectivity index (χ0) is 18.6. The molecule has 3 heterocycles. The Hall–Kier alpha value is -3.13. The van der Waals surface area contributed by atoms with E-state index >= 15 is 0 Å². The van der Waals surface area contributed by atoms with Crippen molar-refractivity contribution in [2.45, 2.75) is 4.75 Å². The molecule has 1 N–H and O–H groups in total. The third kappa shape index (κ3) is 2.52. The number of nitrogens with one attached hydrogen (secondary N) is 1. The number of rotatable bonds is 4. The monoisotopic (exact) mass is 380 g/mol. The summed E-state index contributed by atoms with van der Waals surface area (Å²) in [5, 5.41) is 7.94. The van der Waals surface area contributed by atoms with Crippen LogP contribution in [0.25, 0.3) is 11.6 Å². The van der Waals surface area contributed by atoms with Gasteiger partial charge in [0.1, 0.15) is 22.5 Å². The number of amides is 1. The minimum Gasteiger partial charge on any atom is -0.443 e. The lowest BCUT2D eigenvalue weighted by molar-refractivity contribution is 0.0965. The number of aromatic nitrogens is 3. The van der Waals surface area contributed by atoms with Gasteiger partial charge in [-0.05, 0) is 29.8 Å². The van der Waals surface area contributed by atoms with E-state index in [-0.39, 0.29) is 10.3 Å². The second-order valence-electron chi connectivity index (χ2n) is 6.26. The Morgan fingerprint density at radius 3 is 3.00 bits per heavy atom. The van der Waals surface area contributed by atoms with Gasteiger partial charge in [0.25, 0.3) is 5.91 Å². The topological polar surface area (TPSA) is 73.0 Å². The van der Waals surface area contributed by atoms with Crippen molar-refractivity contribution in [1.82, 2.24) is 20.1 Å². The highest BCUT2D eigenvalue weighted by molar-refractivity contribution is 8.05. The molecule has 1 unspecified atom stereocenters. The maximum atomic E-state index is 13.8. The molecule has 0 fully saturated rings. The van der Waals surface area contributed by atoms with Gasteiger partial charge < -0.3 is 9.73 Å².